The fraction of sp³-hybridized carbons (Fsp3) is 0.308. The van der Waals surface area contributed by atoms with E-state index in [1.807, 2.05) is 30.6 Å². The Kier molecular flexibility index (Phi) is 5.74. The minimum atomic E-state index is 0.703. The highest BCUT2D eigenvalue weighted by atomic mass is 32.2. The van der Waals surface area contributed by atoms with Crippen molar-refractivity contribution in [1.29, 1.82) is 0 Å². The summed E-state index contributed by atoms with van der Waals surface area (Å²) in [7, 11) is 1.69. The van der Waals surface area contributed by atoms with Crippen molar-refractivity contribution in [2.75, 3.05) is 20.3 Å². The molecule has 2 aromatic rings. The molecule has 6 heteroatoms. The average molecular weight is 276 g/mol. The van der Waals surface area contributed by atoms with Gasteiger partial charge in [0.1, 0.15) is 5.03 Å². The number of pyridine rings is 1. The van der Waals surface area contributed by atoms with E-state index in [1.165, 1.54) is 11.8 Å². The van der Waals surface area contributed by atoms with Crippen molar-refractivity contribution in [1.82, 2.24) is 20.3 Å². The number of rotatable bonds is 7. The maximum atomic E-state index is 4.96. The lowest BCUT2D eigenvalue weighted by Crippen LogP contribution is -2.18. The van der Waals surface area contributed by atoms with Crippen LogP contribution in [0.3, 0.4) is 0 Å². The Morgan fingerprint density at radius 3 is 2.74 bits per heavy atom. The third kappa shape index (κ3) is 4.94. The quantitative estimate of drug-likeness (QED) is 0.614. The molecule has 0 aliphatic rings. The molecular formula is C13H16N4OS. The topological polar surface area (TPSA) is 59.9 Å². The molecule has 1 N–H and O–H groups in total. The van der Waals surface area contributed by atoms with Crippen molar-refractivity contribution in [2.24, 2.45) is 0 Å². The van der Waals surface area contributed by atoms with Crippen molar-refractivity contribution >= 4 is 11.8 Å². The summed E-state index contributed by atoms with van der Waals surface area (Å²) in [6.07, 6.45) is 5.42. The van der Waals surface area contributed by atoms with Crippen molar-refractivity contribution in [3.05, 3.63) is 42.4 Å². The second-order valence-corrected chi connectivity index (χ2v) is 4.80. The Hall–Kier alpha value is -1.50. The number of aromatic nitrogens is 3. The predicted octanol–water partition coefficient (Wildman–Crippen LogP) is 1.76. The summed E-state index contributed by atoms with van der Waals surface area (Å²) in [6.45, 7) is 2.27. The van der Waals surface area contributed by atoms with Crippen LogP contribution < -0.4 is 5.32 Å². The van der Waals surface area contributed by atoms with Crippen LogP contribution in [-0.2, 0) is 11.3 Å². The van der Waals surface area contributed by atoms with Gasteiger partial charge in [-0.15, -0.1) is 0 Å². The Morgan fingerprint density at radius 1 is 1.21 bits per heavy atom. The molecule has 19 heavy (non-hydrogen) atoms. The summed E-state index contributed by atoms with van der Waals surface area (Å²) in [5.74, 6) is 0. The van der Waals surface area contributed by atoms with Crippen molar-refractivity contribution in [3.8, 4) is 0 Å². The molecule has 0 spiro atoms. The largest absolute Gasteiger partial charge is 0.383 e. The molecule has 0 amide bonds. The lowest BCUT2D eigenvalue weighted by atomic mass is 10.3. The van der Waals surface area contributed by atoms with Gasteiger partial charge in [0, 0.05) is 44.4 Å². The van der Waals surface area contributed by atoms with Gasteiger partial charge in [-0.1, -0.05) is 6.07 Å². The Bertz CT molecular complexity index is 478. The summed E-state index contributed by atoms with van der Waals surface area (Å²) in [4.78, 5) is 12.9. The van der Waals surface area contributed by atoms with Gasteiger partial charge in [0.25, 0.3) is 0 Å². The number of nitrogens with zero attached hydrogens (tertiary/aromatic N) is 3. The van der Waals surface area contributed by atoms with Crippen LogP contribution in [0.5, 0.6) is 0 Å². The molecule has 0 atom stereocenters. The molecule has 0 aliphatic carbocycles. The van der Waals surface area contributed by atoms with E-state index in [2.05, 4.69) is 20.3 Å². The van der Waals surface area contributed by atoms with Gasteiger partial charge in [-0.05, 0) is 23.9 Å². The smallest absolute Gasteiger partial charge is 0.193 e. The van der Waals surface area contributed by atoms with Gasteiger partial charge in [-0.3, -0.25) is 0 Å². The molecule has 2 heterocycles. The molecule has 0 bridgehead atoms. The van der Waals surface area contributed by atoms with Gasteiger partial charge >= 0.3 is 0 Å². The van der Waals surface area contributed by atoms with Crippen LogP contribution in [0.4, 0.5) is 0 Å². The highest BCUT2D eigenvalue weighted by molar-refractivity contribution is 7.99. The van der Waals surface area contributed by atoms with E-state index in [0.29, 0.717) is 11.8 Å². The second-order valence-electron chi connectivity index (χ2n) is 3.81. The first-order valence-corrected chi connectivity index (χ1v) is 6.79. The first kappa shape index (κ1) is 13.9. The molecule has 0 fully saturated rings. The van der Waals surface area contributed by atoms with Gasteiger partial charge in [0.15, 0.2) is 5.16 Å². The standard InChI is InChI=1S/C13H16N4OS/c1-18-7-6-14-8-11-9-16-13(17-10-11)19-12-4-2-3-5-15-12/h2-5,9-10,14H,6-8H2,1H3. The Balaban J connectivity index is 1.84. The summed E-state index contributed by atoms with van der Waals surface area (Å²) >= 11 is 1.45. The number of nitrogens with one attached hydrogen (secondary N) is 1. The third-order valence-electron chi connectivity index (χ3n) is 2.33. The monoisotopic (exact) mass is 276 g/mol. The lowest BCUT2D eigenvalue weighted by molar-refractivity contribution is 0.199. The predicted molar refractivity (Wildman–Crippen MR) is 74.0 cm³/mol. The van der Waals surface area contributed by atoms with Crippen LogP contribution in [0.1, 0.15) is 5.56 Å². The van der Waals surface area contributed by atoms with Gasteiger partial charge < -0.3 is 10.1 Å². The number of ether oxygens (including phenoxy) is 1. The normalized spacial score (nSPS) is 10.6. The third-order valence-corrected chi connectivity index (χ3v) is 3.17. The van der Waals surface area contributed by atoms with E-state index in [0.717, 1.165) is 23.7 Å². The fourth-order valence-electron chi connectivity index (χ4n) is 1.39. The lowest BCUT2D eigenvalue weighted by Gasteiger charge is -2.04. The highest BCUT2D eigenvalue weighted by Crippen LogP contribution is 2.21. The first-order valence-electron chi connectivity index (χ1n) is 5.98. The first-order chi connectivity index (χ1) is 9.38. The molecular weight excluding hydrogens is 260 g/mol. The zero-order chi connectivity index (χ0) is 13.3. The van der Waals surface area contributed by atoms with E-state index in [4.69, 9.17) is 4.74 Å². The van der Waals surface area contributed by atoms with Crippen LogP contribution in [0, 0.1) is 0 Å². The van der Waals surface area contributed by atoms with Crippen LogP contribution in [0.15, 0.2) is 47.0 Å². The van der Waals surface area contributed by atoms with Crippen molar-refractivity contribution < 1.29 is 4.74 Å². The maximum Gasteiger partial charge on any atom is 0.193 e. The highest BCUT2D eigenvalue weighted by Gasteiger charge is 2.01. The molecule has 0 saturated carbocycles. The Morgan fingerprint density at radius 2 is 2.05 bits per heavy atom. The minimum absolute atomic E-state index is 0.703. The van der Waals surface area contributed by atoms with Crippen LogP contribution in [-0.4, -0.2) is 35.2 Å². The molecule has 100 valence electrons. The molecule has 0 saturated heterocycles. The van der Waals surface area contributed by atoms with Crippen LogP contribution in [0.2, 0.25) is 0 Å². The van der Waals surface area contributed by atoms with Gasteiger partial charge in [-0.25, -0.2) is 15.0 Å². The van der Waals surface area contributed by atoms with Gasteiger partial charge in [0.05, 0.1) is 6.61 Å². The molecule has 2 aromatic heterocycles. The maximum absolute atomic E-state index is 4.96. The van der Waals surface area contributed by atoms with E-state index in [1.54, 1.807) is 13.3 Å². The van der Waals surface area contributed by atoms with Gasteiger partial charge in [0.2, 0.25) is 0 Å². The zero-order valence-electron chi connectivity index (χ0n) is 10.7. The number of hydrogen-bond acceptors (Lipinski definition) is 6. The second kappa shape index (κ2) is 7.83. The van der Waals surface area contributed by atoms with E-state index in [9.17, 15) is 0 Å². The minimum Gasteiger partial charge on any atom is -0.383 e. The molecule has 0 unspecified atom stereocenters. The molecule has 0 aromatic carbocycles. The van der Waals surface area contributed by atoms with E-state index in [-0.39, 0.29) is 0 Å². The summed E-state index contributed by atoms with van der Waals surface area (Å²) in [6, 6.07) is 5.78. The SMILES string of the molecule is COCCNCc1cnc(Sc2ccccn2)nc1. The number of hydrogen-bond donors (Lipinski definition) is 1. The van der Waals surface area contributed by atoms with Crippen molar-refractivity contribution in [3.63, 3.8) is 0 Å². The molecule has 0 radical (unpaired) electrons. The molecule has 2 rings (SSSR count). The van der Waals surface area contributed by atoms with Crippen LogP contribution >= 0.6 is 11.8 Å². The summed E-state index contributed by atoms with van der Waals surface area (Å²) in [5, 5.41) is 4.85. The number of methoxy groups -OCH3 is 1. The van der Waals surface area contributed by atoms with Crippen LogP contribution in [0.25, 0.3) is 0 Å². The molecule has 0 aliphatic heterocycles. The van der Waals surface area contributed by atoms with Crippen molar-refractivity contribution in [2.45, 2.75) is 16.7 Å². The fourth-order valence-corrected chi connectivity index (χ4v) is 2.05. The molecule has 5 nitrogen and oxygen atoms in total. The van der Waals surface area contributed by atoms with E-state index >= 15 is 0 Å². The summed E-state index contributed by atoms with van der Waals surface area (Å²) < 4.78 is 4.96. The van der Waals surface area contributed by atoms with E-state index < -0.39 is 0 Å². The Labute approximate surface area is 116 Å². The van der Waals surface area contributed by atoms with Gasteiger partial charge in [-0.2, -0.15) is 0 Å². The summed E-state index contributed by atoms with van der Waals surface area (Å²) in [5.41, 5.74) is 1.06. The average Bonchev–Trinajstić information content (AvgIpc) is 2.46. The zero-order valence-corrected chi connectivity index (χ0v) is 11.6.